The van der Waals surface area contributed by atoms with Crippen LogP contribution in [0.1, 0.15) is 24.8 Å². The van der Waals surface area contributed by atoms with Crippen LogP contribution in [0.4, 0.5) is 0 Å². The maximum atomic E-state index is 11.2. The standard InChI is InChI=1S/C12H15O4P/c13-12(10-16-17(14)15)9-5-4-8-11-6-2-1-3-7-11/h1-3,6-7H,4-5,8-10H2/p+1. The van der Waals surface area contributed by atoms with Crippen LogP contribution in [0.5, 0.6) is 0 Å². The van der Waals surface area contributed by atoms with Gasteiger partial charge in [-0.2, -0.15) is 0 Å². The van der Waals surface area contributed by atoms with Crippen molar-refractivity contribution in [1.82, 2.24) is 0 Å². The Labute approximate surface area is 102 Å². The van der Waals surface area contributed by atoms with Crippen LogP contribution >= 0.6 is 8.25 Å². The smallest absolute Gasteiger partial charge is 0.297 e. The van der Waals surface area contributed by atoms with Gasteiger partial charge in [-0.3, -0.25) is 4.79 Å². The zero-order chi connectivity index (χ0) is 12.5. The molecule has 0 saturated heterocycles. The van der Waals surface area contributed by atoms with Gasteiger partial charge < -0.3 is 0 Å². The summed E-state index contributed by atoms with van der Waals surface area (Å²) in [6.45, 7) is -0.267. The highest BCUT2D eigenvalue weighted by Crippen LogP contribution is 2.14. The van der Waals surface area contributed by atoms with Crippen LogP contribution in [0.15, 0.2) is 30.3 Å². The molecule has 0 aromatic heterocycles. The number of rotatable bonds is 8. The Hall–Kier alpha value is -1.09. The van der Waals surface area contributed by atoms with Gasteiger partial charge >= 0.3 is 8.25 Å². The van der Waals surface area contributed by atoms with Crippen LogP contribution in [0, 0.1) is 0 Å². The second-order valence-electron chi connectivity index (χ2n) is 3.74. The molecule has 1 aromatic carbocycles. The summed E-state index contributed by atoms with van der Waals surface area (Å²) in [6.07, 6.45) is 3.06. The molecule has 0 aliphatic rings. The topological polar surface area (TPSA) is 63.6 Å². The van der Waals surface area contributed by atoms with E-state index in [0.29, 0.717) is 6.42 Å². The van der Waals surface area contributed by atoms with E-state index in [2.05, 4.69) is 16.7 Å². The summed E-state index contributed by atoms with van der Waals surface area (Å²) in [6, 6.07) is 10.1. The SMILES string of the molecule is O=C(CCCCc1ccccc1)CO[P+](=O)O. The molecule has 1 N–H and O–H groups in total. The molecule has 0 amide bonds. The van der Waals surface area contributed by atoms with Crippen LogP contribution in [-0.4, -0.2) is 17.3 Å². The van der Waals surface area contributed by atoms with Crippen molar-refractivity contribution in [3.05, 3.63) is 35.9 Å². The number of hydrogen-bond donors (Lipinski definition) is 1. The summed E-state index contributed by atoms with van der Waals surface area (Å²) < 4.78 is 14.5. The molecule has 0 aliphatic heterocycles. The number of unbranched alkanes of at least 4 members (excludes halogenated alkanes) is 1. The van der Waals surface area contributed by atoms with Crippen LogP contribution in [0.2, 0.25) is 0 Å². The third-order valence-corrected chi connectivity index (χ3v) is 2.70. The Morgan fingerprint density at radius 1 is 1.24 bits per heavy atom. The Bertz CT molecular complexity index is 364. The Balaban J connectivity index is 2.08. The van der Waals surface area contributed by atoms with Gasteiger partial charge in [0, 0.05) is 11.0 Å². The average molecular weight is 255 g/mol. The summed E-state index contributed by atoms with van der Waals surface area (Å²) >= 11 is 0. The molecule has 1 aromatic rings. The van der Waals surface area contributed by atoms with E-state index in [1.54, 1.807) is 0 Å². The predicted octanol–water partition coefficient (Wildman–Crippen LogP) is 2.63. The van der Waals surface area contributed by atoms with Gasteiger partial charge in [0.05, 0.1) is 0 Å². The number of hydrogen-bond acceptors (Lipinski definition) is 3. The maximum Gasteiger partial charge on any atom is 0.695 e. The van der Waals surface area contributed by atoms with E-state index in [0.717, 1.165) is 19.3 Å². The van der Waals surface area contributed by atoms with Crippen molar-refractivity contribution < 1.29 is 18.8 Å². The molecule has 0 radical (unpaired) electrons. The molecule has 5 heteroatoms. The van der Waals surface area contributed by atoms with E-state index in [4.69, 9.17) is 4.89 Å². The summed E-state index contributed by atoms with van der Waals surface area (Å²) in [5.41, 5.74) is 1.26. The third-order valence-electron chi connectivity index (χ3n) is 2.35. The zero-order valence-corrected chi connectivity index (χ0v) is 10.4. The molecular weight excluding hydrogens is 239 g/mol. The van der Waals surface area contributed by atoms with E-state index >= 15 is 0 Å². The highest BCUT2D eigenvalue weighted by atomic mass is 31.1. The monoisotopic (exact) mass is 255 g/mol. The number of Topliss-reactive ketones (excluding diaryl/α,β-unsaturated/α-hetero) is 1. The Morgan fingerprint density at radius 3 is 2.59 bits per heavy atom. The van der Waals surface area contributed by atoms with Crippen LogP contribution in [0.3, 0.4) is 0 Å². The highest BCUT2D eigenvalue weighted by Gasteiger charge is 2.14. The minimum absolute atomic E-state index is 0.129. The van der Waals surface area contributed by atoms with Gasteiger partial charge in [0.2, 0.25) is 0 Å². The normalized spacial score (nSPS) is 11.2. The summed E-state index contributed by atoms with van der Waals surface area (Å²) in [4.78, 5) is 19.6. The average Bonchev–Trinajstić information content (AvgIpc) is 2.33. The number of carbonyl (C=O) groups excluding carboxylic acids is 1. The summed E-state index contributed by atoms with van der Waals surface area (Å²) in [7, 11) is -2.66. The van der Waals surface area contributed by atoms with Gasteiger partial charge in [0.1, 0.15) is 0 Å². The van der Waals surface area contributed by atoms with Crippen LogP contribution < -0.4 is 0 Å². The van der Waals surface area contributed by atoms with Crippen molar-refractivity contribution in [3.63, 3.8) is 0 Å². The van der Waals surface area contributed by atoms with E-state index in [9.17, 15) is 9.36 Å². The van der Waals surface area contributed by atoms with Crippen molar-refractivity contribution in [2.75, 3.05) is 6.61 Å². The number of aryl methyl sites for hydroxylation is 1. The fourth-order valence-electron chi connectivity index (χ4n) is 1.50. The molecule has 0 saturated carbocycles. The molecule has 1 unspecified atom stereocenters. The van der Waals surface area contributed by atoms with E-state index in [1.165, 1.54) is 5.56 Å². The van der Waals surface area contributed by atoms with Gasteiger partial charge in [0.15, 0.2) is 12.4 Å². The molecule has 92 valence electrons. The van der Waals surface area contributed by atoms with Crippen molar-refractivity contribution in [2.45, 2.75) is 25.7 Å². The molecule has 1 rings (SSSR count). The first-order valence-corrected chi connectivity index (χ1v) is 6.66. The lowest BCUT2D eigenvalue weighted by molar-refractivity contribution is -0.121. The first-order valence-electron chi connectivity index (χ1n) is 5.53. The molecule has 4 nitrogen and oxygen atoms in total. The summed E-state index contributed by atoms with van der Waals surface area (Å²) in [5.74, 6) is -0.129. The molecule has 1 atom stereocenters. The van der Waals surface area contributed by atoms with Crippen molar-refractivity contribution >= 4 is 14.0 Å². The predicted molar refractivity (Wildman–Crippen MR) is 64.8 cm³/mol. The highest BCUT2D eigenvalue weighted by molar-refractivity contribution is 7.32. The van der Waals surface area contributed by atoms with E-state index < -0.39 is 8.25 Å². The van der Waals surface area contributed by atoms with Crippen LogP contribution in [-0.2, 0) is 20.3 Å². The van der Waals surface area contributed by atoms with E-state index in [-0.39, 0.29) is 12.4 Å². The molecule has 0 bridgehead atoms. The number of benzene rings is 1. The fourth-order valence-corrected chi connectivity index (χ4v) is 1.75. The minimum atomic E-state index is -2.66. The molecule has 0 aliphatic carbocycles. The zero-order valence-electron chi connectivity index (χ0n) is 9.54. The van der Waals surface area contributed by atoms with Crippen molar-refractivity contribution in [1.29, 1.82) is 0 Å². The summed E-state index contributed by atoms with van der Waals surface area (Å²) in [5, 5.41) is 0. The van der Waals surface area contributed by atoms with Gasteiger partial charge in [-0.15, -0.1) is 9.42 Å². The Kier molecular flexibility index (Phi) is 6.63. The molecule has 17 heavy (non-hydrogen) atoms. The molecule has 0 fully saturated rings. The third kappa shape index (κ3) is 6.95. The second-order valence-corrected chi connectivity index (χ2v) is 4.48. The maximum absolute atomic E-state index is 11.2. The molecule has 0 heterocycles. The minimum Gasteiger partial charge on any atom is -0.297 e. The van der Waals surface area contributed by atoms with Crippen molar-refractivity contribution in [2.24, 2.45) is 0 Å². The second kappa shape index (κ2) is 8.07. The van der Waals surface area contributed by atoms with E-state index in [1.807, 2.05) is 18.2 Å². The fraction of sp³-hybridized carbons (Fsp3) is 0.417. The quantitative estimate of drug-likeness (QED) is 0.573. The van der Waals surface area contributed by atoms with Crippen LogP contribution in [0.25, 0.3) is 0 Å². The van der Waals surface area contributed by atoms with Gasteiger partial charge in [0.25, 0.3) is 0 Å². The Morgan fingerprint density at radius 2 is 1.94 bits per heavy atom. The molecule has 0 spiro atoms. The van der Waals surface area contributed by atoms with Crippen molar-refractivity contribution in [3.8, 4) is 0 Å². The largest absolute Gasteiger partial charge is 0.695 e. The van der Waals surface area contributed by atoms with Gasteiger partial charge in [-0.05, 0) is 24.8 Å². The first kappa shape index (κ1) is 14.0. The lowest BCUT2D eigenvalue weighted by Crippen LogP contribution is -2.05. The number of ketones is 1. The molecular formula is C12H16O4P+. The van der Waals surface area contributed by atoms with Gasteiger partial charge in [-0.25, -0.2) is 0 Å². The number of carbonyl (C=O) groups is 1. The van der Waals surface area contributed by atoms with Gasteiger partial charge in [-0.1, -0.05) is 30.3 Å². The first-order chi connectivity index (χ1) is 8.18. The lowest BCUT2D eigenvalue weighted by Gasteiger charge is -2.00. The lowest BCUT2D eigenvalue weighted by atomic mass is 10.1.